The first-order valence-electron chi connectivity index (χ1n) is 21.2. The summed E-state index contributed by atoms with van der Waals surface area (Å²) in [6, 6.07) is 59.0. The Kier molecular flexibility index (Phi) is 7.29. The van der Waals surface area contributed by atoms with Gasteiger partial charge >= 0.3 is 0 Å². The van der Waals surface area contributed by atoms with Crippen molar-refractivity contribution < 1.29 is 0 Å². The fourth-order valence-electron chi connectivity index (χ4n) is 10.8. The summed E-state index contributed by atoms with van der Waals surface area (Å²) in [5.41, 5.74) is 17.5. The third kappa shape index (κ3) is 4.75. The maximum Gasteiger partial charge on any atom is 0.164 e. The van der Waals surface area contributed by atoms with Gasteiger partial charge in [0.05, 0.1) is 16.6 Å². The standard InChI is InChI=1S/C57H36N4/c1-3-18-36(19-4-1)54-58-55(37-20-5-2-6-21-37)60-56(59-54)46-30-15-27-38-39(22-7-8-23-40(38)46)44-28-16-33-49-52(44)61-51-35-14-11-26-43(51)45-29-17-34-50(53(45)61)57(49)47-31-12-9-24-41(47)42-25-10-13-32-48(42)57/h1-6,9-13,15-21,23-34H,8,14,35H2. The highest BCUT2D eigenvalue weighted by Crippen LogP contribution is 2.61. The van der Waals surface area contributed by atoms with Crippen LogP contribution < -0.4 is 10.4 Å². The second-order valence-corrected chi connectivity index (χ2v) is 16.3. The van der Waals surface area contributed by atoms with Crippen LogP contribution in [-0.2, 0) is 11.8 Å². The Morgan fingerprint density at radius 1 is 0.525 bits per heavy atom. The lowest BCUT2D eigenvalue weighted by molar-refractivity contribution is 0.733. The van der Waals surface area contributed by atoms with Crippen LogP contribution in [0.15, 0.2) is 170 Å². The molecular weight excluding hydrogens is 741 g/mol. The normalized spacial score (nSPS) is 14.5. The number of benzene rings is 7. The molecule has 0 atom stereocenters. The first kappa shape index (κ1) is 34.0. The first-order chi connectivity index (χ1) is 30.3. The van der Waals surface area contributed by atoms with E-state index in [1.165, 1.54) is 61.2 Å². The molecule has 0 saturated carbocycles. The van der Waals surface area contributed by atoms with Crippen LogP contribution in [0.2, 0.25) is 0 Å². The predicted molar refractivity (Wildman–Crippen MR) is 246 cm³/mol. The second kappa shape index (κ2) is 13.1. The number of hydrogen-bond donors (Lipinski definition) is 0. The largest absolute Gasteiger partial charge is 0.312 e. The summed E-state index contributed by atoms with van der Waals surface area (Å²) in [4.78, 5) is 15.4. The van der Waals surface area contributed by atoms with Gasteiger partial charge in [0.2, 0.25) is 0 Å². The van der Waals surface area contributed by atoms with E-state index in [0.29, 0.717) is 23.9 Å². The highest BCUT2D eigenvalue weighted by molar-refractivity contribution is 6.03. The molecular formula is C57H36N4. The van der Waals surface area contributed by atoms with Crippen molar-refractivity contribution in [1.82, 2.24) is 19.5 Å². The number of fused-ring (bicyclic) bond motifs is 13. The van der Waals surface area contributed by atoms with Crippen LogP contribution >= 0.6 is 0 Å². The third-order valence-electron chi connectivity index (χ3n) is 13.2. The smallest absolute Gasteiger partial charge is 0.164 e. The Morgan fingerprint density at radius 2 is 1.11 bits per heavy atom. The van der Waals surface area contributed by atoms with Crippen LogP contribution in [0.4, 0.5) is 0 Å². The highest BCUT2D eigenvalue weighted by atomic mass is 15.0. The lowest BCUT2D eigenvalue weighted by Crippen LogP contribution is -2.35. The number of aromatic nitrogens is 4. The summed E-state index contributed by atoms with van der Waals surface area (Å²) >= 11 is 0. The summed E-state index contributed by atoms with van der Waals surface area (Å²) in [6.07, 6.45) is 9.53. The minimum absolute atomic E-state index is 0.527. The fraction of sp³-hybridized carbons (Fsp3) is 0.0702. The van der Waals surface area contributed by atoms with Crippen LogP contribution in [0.25, 0.3) is 79.6 Å². The van der Waals surface area contributed by atoms with E-state index in [1.54, 1.807) is 0 Å². The van der Waals surface area contributed by atoms with Gasteiger partial charge in [0.25, 0.3) is 0 Å². The molecule has 284 valence electrons. The monoisotopic (exact) mass is 776 g/mol. The number of rotatable bonds is 4. The molecule has 4 heteroatoms. The molecule has 13 rings (SSSR count). The molecule has 1 aliphatic heterocycles. The topological polar surface area (TPSA) is 43.6 Å². The van der Waals surface area contributed by atoms with Crippen molar-refractivity contribution in [3.63, 3.8) is 0 Å². The molecule has 0 amide bonds. The van der Waals surface area contributed by atoms with Crippen LogP contribution in [0, 0.1) is 11.8 Å². The molecule has 4 nitrogen and oxygen atoms in total. The quantitative estimate of drug-likeness (QED) is 0.167. The van der Waals surface area contributed by atoms with Gasteiger partial charge < -0.3 is 4.57 Å². The number of para-hydroxylation sites is 2. The average Bonchev–Trinajstić information content (AvgIpc) is 3.72. The van der Waals surface area contributed by atoms with Crippen LogP contribution in [0.5, 0.6) is 0 Å². The molecule has 0 radical (unpaired) electrons. The molecule has 0 bridgehead atoms. The molecule has 4 aliphatic rings. The minimum atomic E-state index is -0.527. The average molecular weight is 777 g/mol. The van der Waals surface area contributed by atoms with Crippen molar-refractivity contribution in [3.8, 4) is 62.8 Å². The highest BCUT2D eigenvalue weighted by Gasteiger charge is 2.51. The molecule has 0 unspecified atom stereocenters. The Bertz CT molecular complexity index is 3460. The Morgan fingerprint density at radius 3 is 1.85 bits per heavy atom. The zero-order valence-electron chi connectivity index (χ0n) is 33.2. The van der Waals surface area contributed by atoms with Gasteiger partial charge in [-0.2, -0.15) is 0 Å². The summed E-state index contributed by atoms with van der Waals surface area (Å²) in [7, 11) is 0. The number of nitrogens with zero attached hydrogens (tertiary/aromatic N) is 4. The van der Waals surface area contributed by atoms with E-state index in [-0.39, 0.29) is 0 Å². The lowest BCUT2D eigenvalue weighted by Gasteiger charge is -2.40. The Balaban J connectivity index is 1.14. The molecule has 9 aromatic rings. The molecule has 1 spiro atoms. The van der Waals surface area contributed by atoms with Gasteiger partial charge in [0.15, 0.2) is 17.5 Å². The second-order valence-electron chi connectivity index (χ2n) is 16.3. The molecule has 2 aromatic heterocycles. The first-order valence-corrected chi connectivity index (χ1v) is 21.2. The summed E-state index contributed by atoms with van der Waals surface area (Å²) in [5.74, 6) is 9.26. The van der Waals surface area contributed by atoms with Crippen molar-refractivity contribution >= 4 is 28.6 Å². The van der Waals surface area contributed by atoms with E-state index in [9.17, 15) is 0 Å². The molecule has 0 fully saturated rings. The molecule has 61 heavy (non-hydrogen) atoms. The van der Waals surface area contributed by atoms with Crippen molar-refractivity contribution in [2.24, 2.45) is 0 Å². The maximum absolute atomic E-state index is 5.19. The molecule has 0 saturated heterocycles. The Hall–Kier alpha value is -7.87. The van der Waals surface area contributed by atoms with Crippen molar-refractivity contribution in [3.05, 3.63) is 219 Å². The molecule has 3 heterocycles. The van der Waals surface area contributed by atoms with E-state index in [0.717, 1.165) is 51.1 Å². The summed E-state index contributed by atoms with van der Waals surface area (Å²) in [6.45, 7) is 0. The van der Waals surface area contributed by atoms with E-state index in [2.05, 4.69) is 162 Å². The third-order valence-corrected chi connectivity index (χ3v) is 13.2. The Labute approximate surface area is 353 Å². The summed E-state index contributed by atoms with van der Waals surface area (Å²) < 4.78 is 2.63. The molecule has 7 aromatic carbocycles. The zero-order valence-corrected chi connectivity index (χ0v) is 33.2. The van der Waals surface area contributed by atoms with Gasteiger partial charge in [-0.1, -0.05) is 194 Å². The number of allylic oxidation sites excluding steroid dienone is 1. The predicted octanol–water partition coefficient (Wildman–Crippen LogP) is 10.8. The molecule has 3 aliphatic carbocycles. The van der Waals surface area contributed by atoms with Gasteiger partial charge in [0.1, 0.15) is 0 Å². The van der Waals surface area contributed by atoms with Crippen LogP contribution in [0.3, 0.4) is 0 Å². The van der Waals surface area contributed by atoms with E-state index in [1.807, 2.05) is 36.4 Å². The van der Waals surface area contributed by atoms with Gasteiger partial charge in [0, 0.05) is 50.9 Å². The van der Waals surface area contributed by atoms with Crippen molar-refractivity contribution in [1.29, 1.82) is 0 Å². The lowest BCUT2D eigenvalue weighted by atomic mass is 9.65. The van der Waals surface area contributed by atoms with E-state index < -0.39 is 5.41 Å². The van der Waals surface area contributed by atoms with Crippen LogP contribution in [-0.4, -0.2) is 19.5 Å². The summed E-state index contributed by atoms with van der Waals surface area (Å²) in [5, 5.41) is 3.45. The van der Waals surface area contributed by atoms with Gasteiger partial charge in [-0.3, -0.25) is 0 Å². The van der Waals surface area contributed by atoms with Gasteiger partial charge in [-0.05, 0) is 56.7 Å². The van der Waals surface area contributed by atoms with Crippen molar-refractivity contribution in [2.75, 3.05) is 0 Å². The van der Waals surface area contributed by atoms with Gasteiger partial charge in [-0.15, -0.1) is 0 Å². The van der Waals surface area contributed by atoms with Gasteiger partial charge in [-0.25, -0.2) is 15.0 Å². The maximum atomic E-state index is 5.19. The van der Waals surface area contributed by atoms with E-state index in [4.69, 9.17) is 15.0 Å². The zero-order chi connectivity index (χ0) is 40.1. The minimum Gasteiger partial charge on any atom is -0.312 e. The SMILES string of the molecule is C1#CC(c2cccc3c2-n2c4c(c5cccc(c52)C32c3ccccc3-c3ccccc32)C=CCC4)=c2cccc(-c3nc(-c4ccccc4)nc(-c4ccccc4)n3)c2=CC1. The van der Waals surface area contributed by atoms with Crippen LogP contribution in [0.1, 0.15) is 51.9 Å². The van der Waals surface area contributed by atoms with E-state index >= 15 is 0 Å². The van der Waals surface area contributed by atoms with Crippen molar-refractivity contribution in [2.45, 2.75) is 24.7 Å². The molecule has 0 N–H and O–H groups in total. The number of hydrogen-bond acceptors (Lipinski definition) is 3. The fourth-order valence-corrected chi connectivity index (χ4v) is 10.8.